The molecular weight excluding hydrogens is 819 g/mol. The number of hydrogen-bond acceptors (Lipinski definition) is 3. The van der Waals surface area contributed by atoms with Crippen LogP contribution in [0.2, 0.25) is 0 Å². The Morgan fingerprint density at radius 3 is 0.866 bits per heavy atom. The zero-order valence-electron chi connectivity index (χ0n) is 46.0. The lowest BCUT2D eigenvalue weighted by atomic mass is 10.0. The molecule has 0 aromatic heterocycles. The molecule has 0 saturated heterocycles. The van der Waals surface area contributed by atoms with Gasteiger partial charge in [-0.05, 0) is 32.1 Å². The van der Waals surface area contributed by atoms with E-state index in [0.29, 0.717) is 6.42 Å². The molecule has 0 heterocycles. The number of rotatable bonds is 58. The van der Waals surface area contributed by atoms with E-state index in [1.54, 1.807) is 6.08 Å². The SMILES string of the molecule is CCCCCCCCCCCCCCCC/C=C/CC/C=C/C(O)C(CO)NC(=O)CCCCCCCCCCCCCCCCCCCCCCCCCCCCCCCCCCCCC. The number of nitrogens with one attached hydrogen (secondary N) is 1. The van der Waals surface area contributed by atoms with Crippen molar-refractivity contribution < 1.29 is 15.0 Å². The van der Waals surface area contributed by atoms with Gasteiger partial charge in [-0.1, -0.05) is 340 Å². The van der Waals surface area contributed by atoms with E-state index < -0.39 is 12.1 Å². The fourth-order valence-electron chi connectivity index (χ4n) is 9.97. The van der Waals surface area contributed by atoms with Crippen LogP contribution in [0.5, 0.6) is 0 Å². The number of aliphatic hydroxyl groups excluding tert-OH is 2. The molecule has 0 aromatic rings. The van der Waals surface area contributed by atoms with Crippen LogP contribution in [-0.2, 0) is 4.79 Å². The Kier molecular flexibility index (Phi) is 58.2. The van der Waals surface area contributed by atoms with Crippen LogP contribution in [0, 0.1) is 0 Å². The van der Waals surface area contributed by atoms with Crippen molar-refractivity contribution in [2.24, 2.45) is 0 Å². The first-order valence-corrected chi connectivity index (χ1v) is 31.1. The maximum atomic E-state index is 12.5. The third-order valence-electron chi connectivity index (χ3n) is 14.7. The van der Waals surface area contributed by atoms with Crippen molar-refractivity contribution in [3.05, 3.63) is 24.3 Å². The molecule has 0 aliphatic carbocycles. The summed E-state index contributed by atoms with van der Waals surface area (Å²) in [4.78, 5) is 12.5. The van der Waals surface area contributed by atoms with E-state index in [4.69, 9.17) is 0 Å². The van der Waals surface area contributed by atoms with Crippen molar-refractivity contribution in [3.8, 4) is 0 Å². The highest BCUT2D eigenvalue weighted by Crippen LogP contribution is 2.18. The minimum absolute atomic E-state index is 0.0658. The van der Waals surface area contributed by atoms with Gasteiger partial charge in [0.25, 0.3) is 0 Å². The first kappa shape index (κ1) is 65.9. The number of amides is 1. The molecule has 1 amide bonds. The standard InChI is InChI=1S/C63H123NO3/c1-3-5-7-9-11-13-15-17-19-21-23-25-26-27-28-29-30-31-32-33-34-35-36-37-38-39-41-43-45-47-49-51-53-55-57-59-63(67)64-61(60-65)62(66)58-56-54-52-50-48-46-44-42-40-24-22-20-18-16-14-12-10-8-6-4-2/h48,50,56,58,61-62,65-66H,3-47,49,51-55,57,59-60H2,1-2H3,(H,64,67)/b50-48+,58-56+. The van der Waals surface area contributed by atoms with Gasteiger partial charge in [0, 0.05) is 6.42 Å². The summed E-state index contributed by atoms with van der Waals surface area (Å²) in [5.41, 5.74) is 0. The number of unbranched alkanes of at least 4 members (excludes halogenated alkanes) is 49. The van der Waals surface area contributed by atoms with Crippen LogP contribution in [0.3, 0.4) is 0 Å². The number of allylic oxidation sites excluding steroid dienone is 3. The molecule has 4 heteroatoms. The average Bonchev–Trinajstić information content (AvgIpc) is 3.33. The van der Waals surface area contributed by atoms with Gasteiger partial charge < -0.3 is 15.5 Å². The fraction of sp³-hybridized carbons (Fsp3) is 0.921. The quantitative estimate of drug-likeness (QED) is 0.0420. The lowest BCUT2D eigenvalue weighted by molar-refractivity contribution is -0.123. The molecule has 0 rings (SSSR count). The van der Waals surface area contributed by atoms with Gasteiger partial charge in [-0.3, -0.25) is 4.79 Å². The molecule has 398 valence electrons. The van der Waals surface area contributed by atoms with Crippen LogP contribution >= 0.6 is 0 Å². The summed E-state index contributed by atoms with van der Waals surface area (Å²) < 4.78 is 0. The number of carbonyl (C=O) groups is 1. The highest BCUT2D eigenvalue weighted by molar-refractivity contribution is 5.76. The van der Waals surface area contributed by atoms with Gasteiger partial charge in [0.1, 0.15) is 0 Å². The smallest absolute Gasteiger partial charge is 0.220 e. The molecule has 2 atom stereocenters. The number of aliphatic hydroxyl groups is 2. The molecule has 0 saturated carbocycles. The highest BCUT2D eigenvalue weighted by Gasteiger charge is 2.18. The maximum Gasteiger partial charge on any atom is 0.220 e. The van der Waals surface area contributed by atoms with Gasteiger partial charge in [0.05, 0.1) is 18.8 Å². The Balaban J connectivity index is 3.42. The molecule has 3 N–H and O–H groups in total. The normalized spacial score (nSPS) is 12.8. The van der Waals surface area contributed by atoms with Crippen molar-refractivity contribution >= 4 is 5.91 Å². The Morgan fingerprint density at radius 1 is 0.343 bits per heavy atom. The second kappa shape index (κ2) is 59.2. The Bertz CT molecular complexity index is 978. The van der Waals surface area contributed by atoms with E-state index in [0.717, 1.165) is 32.1 Å². The topological polar surface area (TPSA) is 69.6 Å². The zero-order chi connectivity index (χ0) is 48.5. The largest absolute Gasteiger partial charge is 0.394 e. The van der Waals surface area contributed by atoms with E-state index in [2.05, 4.69) is 31.3 Å². The average molecular weight is 943 g/mol. The summed E-state index contributed by atoms with van der Waals surface area (Å²) in [6, 6.07) is -0.636. The van der Waals surface area contributed by atoms with Crippen molar-refractivity contribution in [2.75, 3.05) is 6.61 Å². The Hall–Kier alpha value is -1.13. The van der Waals surface area contributed by atoms with Gasteiger partial charge in [-0.2, -0.15) is 0 Å². The van der Waals surface area contributed by atoms with Crippen molar-refractivity contribution in [1.29, 1.82) is 0 Å². The molecule has 0 spiro atoms. The molecule has 4 nitrogen and oxygen atoms in total. The minimum atomic E-state index is -0.860. The van der Waals surface area contributed by atoms with Gasteiger partial charge in [0.15, 0.2) is 0 Å². The summed E-state index contributed by atoms with van der Waals surface area (Å²) in [6.07, 6.45) is 79.5. The predicted octanol–water partition coefficient (Wildman–Crippen LogP) is 20.7. The van der Waals surface area contributed by atoms with E-state index in [1.165, 1.54) is 302 Å². The third-order valence-corrected chi connectivity index (χ3v) is 14.7. The van der Waals surface area contributed by atoms with Crippen molar-refractivity contribution in [2.45, 2.75) is 366 Å². The molecule has 0 bridgehead atoms. The van der Waals surface area contributed by atoms with E-state index in [1.807, 2.05) is 6.08 Å². The Morgan fingerprint density at radius 2 is 0.582 bits per heavy atom. The van der Waals surface area contributed by atoms with Crippen molar-refractivity contribution in [1.82, 2.24) is 5.32 Å². The van der Waals surface area contributed by atoms with E-state index >= 15 is 0 Å². The molecule has 0 aliphatic rings. The second-order valence-corrected chi connectivity index (χ2v) is 21.5. The summed E-state index contributed by atoms with van der Waals surface area (Å²) in [5.74, 6) is -0.0658. The number of hydrogen-bond donors (Lipinski definition) is 3. The third kappa shape index (κ3) is 55.7. The predicted molar refractivity (Wildman–Crippen MR) is 299 cm³/mol. The molecule has 0 aliphatic heterocycles. The molecular formula is C63H123NO3. The van der Waals surface area contributed by atoms with Gasteiger partial charge in [0.2, 0.25) is 5.91 Å². The lowest BCUT2D eigenvalue weighted by Crippen LogP contribution is -2.45. The number of carbonyl (C=O) groups excluding carboxylic acids is 1. The summed E-state index contributed by atoms with van der Waals surface area (Å²) in [6.45, 7) is 4.34. The van der Waals surface area contributed by atoms with Crippen LogP contribution in [-0.4, -0.2) is 34.9 Å². The lowest BCUT2D eigenvalue weighted by Gasteiger charge is -2.19. The second-order valence-electron chi connectivity index (χ2n) is 21.5. The first-order chi connectivity index (χ1) is 33.2. The van der Waals surface area contributed by atoms with Gasteiger partial charge in [-0.15, -0.1) is 0 Å². The van der Waals surface area contributed by atoms with Crippen LogP contribution in [0.4, 0.5) is 0 Å². The van der Waals surface area contributed by atoms with E-state index in [-0.39, 0.29) is 12.5 Å². The van der Waals surface area contributed by atoms with Crippen LogP contribution in [0.1, 0.15) is 354 Å². The summed E-state index contributed by atoms with van der Waals surface area (Å²) >= 11 is 0. The summed E-state index contributed by atoms with van der Waals surface area (Å²) in [7, 11) is 0. The molecule has 67 heavy (non-hydrogen) atoms. The Labute approximate surface area is 421 Å². The first-order valence-electron chi connectivity index (χ1n) is 31.1. The van der Waals surface area contributed by atoms with Gasteiger partial charge in [-0.25, -0.2) is 0 Å². The molecule has 2 unspecified atom stereocenters. The monoisotopic (exact) mass is 942 g/mol. The van der Waals surface area contributed by atoms with Gasteiger partial charge >= 0.3 is 0 Å². The molecule has 0 aromatic carbocycles. The van der Waals surface area contributed by atoms with Crippen molar-refractivity contribution in [3.63, 3.8) is 0 Å². The van der Waals surface area contributed by atoms with Crippen LogP contribution in [0.25, 0.3) is 0 Å². The minimum Gasteiger partial charge on any atom is -0.394 e. The van der Waals surface area contributed by atoms with E-state index in [9.17, 15) is 15.0 Å². The molecule has 0 fully saturated rings. The zero-order valence-corrected chi connectivity index (χ0v) is 46.0. The highest BCUT2D eigenvalue weighted by atomic mass is 16.3. The molecule has 0 radical (unpaired) electrons. The maximum absolute atomic E-state index is 12.5. The van der Waals surface area contributed by atoms with Crippen LogP contribution < -0.4 is 5.32 Å². The fourth-order valence-corrected chi connectivity index (χ4v) is 9.97. The van der Waals surface area contributed by atoms with Crippen LogP contribution in [0.15, 0.2) is 24.3 Å². The summed E-state index contributed by atoms with van der Waals surface area (Å²) in [5, 5.41) is 23.2.